The Morgan fingerprint density at radius 2 is 2.10 bits per heavy atom. The van der Waals surface area contributed by atoms with Crippen LogP contribution in [-0.4, -0.2) is 33.2 Å². The molecule has 0 aliphatic carbocycles. The van der Waals surface area contributed by atoms with Gasteiger partial charge in [-0.25, -0.2) is 4.68 Å². The molecule has 9 heteroatoms. The third kappa shape index (κ3) is 4.22. The van der Waals surface area contributed by atoms with Crippen molar-refractivity contribution in [3.05, 3.63) is 64.9 Å². The lowest BCUT2D eigenvalue weighted by Gasteiger charge is -2.23. The molecular weight excluding hydrogens is 394 g/mol. The summed E-state index contributed by atoms with van der Waals surface area (Å²) >= 11 is 5.97. The van der Waals surface area contributed by atoms with E-state index in [1.165, 1.54) is 6.33 Å². The van der Waals surface area contributed by atoms with Crippen LogP contribution in [0.5, 0.6) is 5.75 Å². The van der Waals surface area contributed by atoms with Gasteiger partial charge < -0.3 is 10.1 Å². The van der Waals surface area contributed by atoms with Gasteiger partial charge in [0.2, 0.25) is 11.9 Å². The first kappa shape index (κ1) is 18.9. The van der Waals surface area contributed by atoms with E-state index < -0.39 is 0 Å². The Morgan fingerprint density at radius 3 is 2.90 bits per heavy atom. The lowest BCUT2D eigenvalue weighted by Crippen LogP contribution is -2.29. The van der Waals surface area contributed by atoms with Crippen LogP contribution in [0, 0.1) is 6.92 Å². The van der Waals surface area contributed by atoms with Gasteiger partial charge in [-0.3, -0.25) is 14.9 Å². The summed E-state index contributed by atoms with van der Waals surface area (Å²) in [5.74, 6) is 0.588. The van der Waals surface area contributed by atoms with E-state index in [-0.39, 0.29) is 30.9 Å². The van der Waals surface area contributed by atoms with E-state index in [0.29, 0.717) is 22.4 Å². The van der Waals surface area contributed by atoms with Gasteiger partial charge in [-0.05, 0) is 42.3 Å². The lowest BCUT2D eigenvalue weighted by molar-refractivity contribution is -0.118. The quantitative estimate of drug-likeness (QED) is 0.671. The largest absolute Gasteiger partial charge is 0.484 e. The molecule has 1 atom stereocenters. The highest BCUT2D eigenvalue weighted by Gasteiger charge is 2.27. The highest BCUT2D eigenvalue weighted by atomic mass is 35.5. The SMILES string of the molecule is Cc1ccc(Cl)cc1NC(=O)COc1ccc([C@H]2CC(=O)Nc3ncnn32)cc1. The van der Waals surface area contributed by atoms with Gasteiger partial charge in [-0.1, -0.05) is 29.8 Å². The minimum Gasteiger partial charge on any atom is -0.484 e. The molecule has 2 heterocycles. The van der Waals surface area contributed by atoms with Crippen LogP contribution in [0.15, 0.2) is 48.8 Å². The second kappa shape index (κ2) is 7.92. The van der Waals surface area contributed by atoms with Crippen molar-refractivity contribution in [3.63, 3.8) is 0 Å². The number of halogens is 1. The first-order valence-corrected chi connectivity index (χ1v) is 9.35. The molecule has 4 rings (SSSR count). The summed E-state index contributed by atoms with van der Waals surface area (Å²) in [6.07, 6.45) is 1.68. The molecule has 0 spiro atoms. The first-order valence-electron chi connectivity index (χ1n) is 8.98. The van der Waals surface area contributed by atoms with Crippen LogP contribution in [0.4, 0.5) is 11.6 Å². The number of carbonyl (C=O) groups excluding carboxylic acids is 2. The molecule has 0 bridgehead atoms. The Hall–Kier alpha value is -3.39. The van der Waals surface area contributed by atoms with Gasteiger partial charge in [-0.15, -0.1) is 0 Å². The average molecular weight is 412 g/mol. The van der Waals surface area contributed by atoms with Gasteiger partial charge >= 0.3 is 0 Å². The molecule has 0 saturated heterocycles. The highest BCUT2D eigenvalue weighted by molar-refractivity contribution is 6.31. The Balaban J connectivity index is 1.38. The number of aromatic nitrogens is 3. The van der Waals surface area contributed by atoms with Gasteiger partial charge in [0.05, 0.1) is 12.5 Å². The van der Waals surface area contributed by atoms with E-state index in [0.717, 1.165) is 11.1 Å². The Labute approximate surface area is 171 Å². The van der Waals surface area contributed by atoms with E-state index in [1.54, 1.807) is 28.9 Å². The molecule has 29 heavy (non-hydrogen) atoms. The van der Waals surface area contributed by atoms with Crippen molar-refractivity contribution in [1.29, 1.82) is 0 Å². The molecule has 1 aliphatic heterocycles. The smallest absolute Gasteiger partial charge is 0.262 e. The lowest BCUT2D eigenvalue weighted by atomic mass is 10.0. The topological polar surface area (TPSA) is 98.1 Å². The molecule has 1 aliphatic rings. The van der Waals surface area contributed by atoms with E-state index in [4.69, 9.17) is 16.3 Å². The number of aryl methyl sites for hydroxylation is 1. The van der Waals surface area contributed by atoms with Crippen molar-refractivity contribution >= 4 is 35.1 Å². The van der Waals surface area contributed by atoms with Crippen LogP contribution >= 0.6 is 11.6 Å². The van der Waals surface area contributed by atoms with Gasteiger partial charge in [0.15, 0.2) is 6.61 Å². The summed E-state index contributed by atoms with van der Waals surface area (Å²) < 4.78 is 7.25. The maximum Gasteiger partial charge on any atom is 0.262 e. The van der Waals surface area contributed by atoms with Crippen LogP contribution in [-0.2, 0) is 9.59 Å². The molecule has 0 radical (unpaired) electrons. The molecule has 0 saturated carbocycles. The predicted octanol–water partition coefficient (Wildman–Crippen LogP) is 3.19. The number of ether oxygens (including phenoxy) is 1. The van der Waals surface area contributed by atoms with Crippen molar-refractivity contribution in [1.82, 2.24) is 14.8 Å². The monoisotopic (exact) mass is 411 g/mol. The highest BCUT2D eigenvalue weighted by Crippen LogP contribution is 2.29. The maximum atomic E-state index is 12.2. The number of nitrogens with one attached hydrogen (secondary N) is 2. The molecule has 0 fully saturated rings. The number of fused-ring (bicyclic) bond motifs is 1. The normalized spacial score (nSPS) is 15.4. The van der Waals surface area contributed by atoms with Crippen molar-refractivity contribution in [2.45, 2.75) is 19.4 Å². The molecule has 148 valence electrons. The molecular formula is C20H18ClN5O3. The number of hydrogen-bond donors (Lipinski definition) is 2. The average Bonchev–Trinajstić information content (AvgIpc) is 3.17. The van der Waals surface area contributed by atoms with E-state index in [2.05, 4.69) is 20.7 Å². The van der Waals surface area contributed by atoms with Crippen LogP contribution in [0.2, 0.25) is 5.02 Å². The zero-order chi connectivity index (χ0) is 20.4. The maximum absolute atomic E-state index is 12.2. The minimum absolute atomic E-state index is 0.108. The number of amides is 2. The fraction of sp³-hybridized carbons (Fsp3) is 0.200. The van der Waals surface area contributed by atoms with E-state index in [9.17, 15) is 9.59 Å². The zero-order valence-electron chi connectivity index (χ0n) is 15.6. The number of benzene rings is 2. The third-order valence-electron chi connectivity index (χ3n) is 4.61. The van der Waals surface area contributed by atoms with Crippen molar-refractivity contribution < 1.29 is 14.3 Å². The Bertz CT molecular complexity index is 1060. The molecule has 2 aromatic carbocycles. The first-order chi connectivity index (χ1) is 14.0. The fourth-order valence-electron chi connectivity index (χ4n) is 3.11. The Morgan fingerprint density at radius 1 is 1.31 bits per heavy atom. The second-order valence-electron chi connectivity index (χ2n) is 6.66. The van der Waals surface area contributed by atoms with Crippen molar-refractivity contribution in [2.75, 3.05) is 17.2 Å². The van der Waals surface area contributed by atoms with Gasteiger partial charge in [0.25, 0.3) is 5.91 Å². The fourth-order valence-corrected chi connectivity index (χ4v) is 3.29. The third-order valence-corrected chi connectivity index (χ3v) is 4.84. The van der Waals surface area contributed by atoms with Crippen molar-refractivity contribution in [3.8, 4) is 5.75 Å². The molecule has 2 amide bonds. The zero-order valence-corrected chi connectivity index (χ0v) is 16.3. The minimum atomic E-state index is -0.282. The molecule has 0 unspecified atom stereocenters. The summed E-state index contributed by atoms with van der Waals surface area (Å²) in [6, 6.07) is 12.3. The summed E-state index contributed by atoms with van der Waals surface area (Å²) in [6.45, 7) is 1.75. The van der Waals surface area contributed by atoms with Gasteiger partial charge in [-0.2, -0.15) is 10.1 Å². The number of hydrogen-bond acceptors (Lipinski definition) is 5. The number of carbonyl (C=O) groups is 2. The van der Waals surface area contributed by atoms with Crippen LogP contribution in [0.25, 0.3) is 0 Å². The van der Waals surface area contributed by atoms with E-state index >= 15 is 0 Å². The summed E-state index contributed by atoms with van der Waals surface area (Å²) in [5.41, 5.74) is 2.47. The van der Waals surface area contributed by atoms with E-state index in [1.807, 2.05) is 25.1 Å². The van der Waals surface area contributed by atoms with Crippen LogP contribution in [0.1, 0.15) is 23.6 Å². The Kier molecular flexibility index (Phi) is 5.18. The predicted molar refractivity (Wildman–Crippen MR) is 108 cm³/mol. The number of nitrogens with zero attached hydrogens (tertiary/aromatic N) is 3. The number of rotatable bonds is 5. The second-order valence-corrected chi connectivity index (χ2v) is 7.10. The summed E-state index contributed by atoms with van der Waals surface area (Å²) in [4.78, 5) is 28.1. The molecule has 3 aromatic rings. The number of anilines is 2. The van der Waals surface area contributed by atoms with Crippen LogP contribution in [0.3, 0.4) is 0 Å². The van der Waals surface area contributed by atoms with Crippen LogP contribution < -0.4 is 15.4 Å². The summed E-state index contributed by atoms with van der Waals surface area (Å²) in [7, 11) is 0. The van der Waals surface area contributed by atoms with Gasteiger partial charge in [0.1, 0.15) is 12.1 Å². The summed E-state index contributed by atoms with van der Waals surface area (Å²) in [5, 5.41) is 10.2. The molecule has 2 N–H and O–H groups in total. The molecule has 8 nitrogen and oxygen atoms in total. The standard InChI is InChI=1S/C20H18ClN5O3/c1-12-2-5-14(21)8-16(12)24-19(28)10-29-15-6-3-13(4-7-15)17-9-18(27)25-20-22-11-23-26(17)20/h2-8,11,17H,9-10H2,1H3,(H,24,28)(H,22,23,25,27)/t17-/m1/s1. The van der Waals surface area contributed by atoms with Crippen molar-refractivity contribution in [2.24, 2.45) is 0 Å². The van der Waals surface area contributed by atoms with Gasteiger partial charge in [0, 0.05) is 10.7 Å². The molecule has 1 aromatic heterocycles.